The molecule has 0 bridgehead atoms. The smallest absolute Gasteiger partial charge is 0.379 e. The van der Waals surface area contributed by atoms with Crippen molar-refractivity contribution in [3.63, 3.8) is 0 Å². The fraction of sp³-hybridized carbons (Fsp3) is 0.125. The van der Waals surface area contributed by atoms with E-state index in [4.69, 9.17) is 19.6 Å². The second kappa shape index (κ2) is 8.82. The van der Waals surface area contributed by atoms with Gasteiger partial charge in [0.2, 0.25) is 11.6 Å². The van der Waals surface area contributed by atoms with Gasteiger partial charge < -0.3 is 19.6 Å². The summed E-state index contributed by atoms with van der Waals surface area (Å²) in [6.45, 7) is 5.83. The third kappa shape index (κ3) is 3.68. The van der Waals surface area contributed by atoms with Crippen LogP contribution in [0.2, 0.25) is 0 Å². The van der Waals surface area contributed by atoms with Gasteiger partial charge in [-0.15, -0.1) is 0 Å². The lowest BCUT2D eigenvalue weighted by molar-refractivity contribution is 0.0702. The van der Waals surface area contributed by atoms with E-state index in [1.807, 2.05) is 75.4 Å². The predicted molar refractivity (Wildman–Crippen MR) is 145 cm³/mol. The van der Waals surface area contributed by atoms with Gasteiger partial charge in [0.1, 0.15) is 28.7 Å². The Bertz CT molecular complexity index is 1850. The van der Waals surface area contributed by atoms with E-state index >= 15 is 0 Å². The second-order valence-corrected chi connectivity index (χ2v) is 9.59. The van der Waals surface area contributed by atoms with Crippen LogP contribution in [0, 0.1) is 32.1 Å². The molecule has 1 aliphatic heterocycles. The molecule has 5 aromatic rings. The summed E-state index contributed by atoms with van der Waals surface area (Å²) in [7, 11) is 0. The summed E-state index contributed by atoms with van der Waals surface area (Å²) in [5, 5.41) is 13.0. The minimum absolute atomic E-state index is 0.0281. The van der Waals surface area contributed by atoms with Crippen molar-refractivity contribution in [2.24, 2.45) is 5.73 Å². The zero-order valence-electron chi connectivity index (χ0n) is 21.2. The van der Waals surface area contributed by atoms with Crippen LogP contribution in [0.15, 0.2) is 88.7 Å². The summed E-state index contributed by atoms with van der Waals surface area (Å²) in [6.07, 6.45) is 0. The lowest BCUT2D eigenvalue weighted by atomic mass is 9.81. The molecule has 0 saturated heterocycles. The van der Waals surface area contributed by atoms with Crippen LogP contribution < -0.4 is 15.2 Å². The van der Waals surface area contributed by atoms with Crippen LogP contribution in [-0.4, -0.2) is 5.97 Å². The normalized spacial score (nSPS) is 14.7. The highest BCUT2D eigenvalue weighted by Gasteiger charge is 2.32. The summed E-state index contributed by atoms with van der Waals surface area (Å²) < 4.78 is 17.5. The van der Waals surface area contributed by atoms with Crippen LogP contribution in [0.1, 0.15) is 44.3 Å². The standard InChI is InChI=1S/C32H24N2O4/c1-17-13-18(2)28-19(3)30(37-27(28)14-17)32(35)36-21-11-12-24-26(15-21)38-31(34)25(16-33)29(24)23-10-6-8-20-7-4-5-9-22(20)23/h4-15,29H,34H2,1-3H3. The number of hydrogen-bond acceptors (Lipinski definition) is 6. The Morgan fingerprint density at radius 1 is 0.974 bits per heavy atom. The Kier molecular flexibility index (Phi) is 5.43. The number of allylic oxidation sites excluding steroid dienone is 1. The van der Waals surface area contributed by atoms with Gasteiger partial charge in [-0.2, -0.15) is 5.26 Å². The van der Waals surface area contributed by atoms with E-state index in [-0.39, 0.29) is 17.4 Å². The number of carbonyl (C=O) groups is 1. The van der Waals surface area contributed by atoms with Gasteiger partial charge in [0, 0.05) is 22.6 Å². The van der Waals surface area contributed by atoms with E-state index in [2.05, 4.69) is 12.1 Å². The van der Waals surface area contributed by atoms with Gasteiger partial charge in [0.25, 0.3) is 0 Å². The molecule has 1 unspecified atom stereocenters. The Hall–Kier alpha value is -5.02. The molecule has 186 valence electrons. The van der Waals surface area contributed by atoms with Crippen LogP contribution in [0.3, 0.4) is 0 Å². The van der Waals surface area contributed by atoms with Crippen molar-refractivity contribution in [3.8, 4) is 17.6 Å². The molecule has 4 aromatic carbocycles. The minimum Gasteiger partial charge on any atom is -0.449 e. The van der Waals surface area contributed by atoms with Crippen LogP contribution in [-0.2, 0) is 0 Å². The molecule has 1 aliphatic rings. The molecule has 0 aliphatic carbocycles. The van der Waals surface area contributed by atoms with E-state index in [1.165, 1.54) is 0 Å². The third-order valence-electron chi connectivity index (χ3n) is 7.09. The Morgan fingerprint density at radius 2 is 1.76 bits per heavy atom. The van der Waals surface area contributed by atoms with E-state index in [0.717, 1.165) is 44.0 Å². The molecule has 0 amide bonds. The largest absolute Gasteiger partial charge is 0.449 e. The third-order valence-corrected chi connectivity index (χ3v) is 7.09. The van der Waals surface area contributed by atoms with Gasteiger partial charge in [-0.1, -0.05) is 54.6 Å². The molecule has 0 radical (unpaired) electrons. The van der Waals surface area contributed by atoms with Crippen LogP contribution in [0.4, 0.5) is 0 Å². The summed E-state index contributed by atoms with van der Waals surface area (Å²) in [4.78, 5) is 13.1. The molecule has 6 heteroatoms. The molecular formula is C32H24N2O4. The molecule has 2 N–H and O–H groups in total. The molecular weight excluding hydrogens is 476 g/mol. The van der Waals surface area contributed by atoms with Crippen molar-refractivity contribution in [1.82, 2.24) is 0 Å². The number of furan rings is 1. The van der Waals surface area contributed by atoms with Gasteiger partial charge in [0.05, 0.1) is 5.92 Å². The first-order chi connectivity index (χ1) is 18.4. The van der Waals surface area contributed by atoms with Gasteiger partial charge in [0.15, 0.2) is 0 Å². The fourth-order valence-electron chi connectivity index (χ4n) is 5.46. The number of benzene rings is 4. The number of nitrogens with two attached hydrogens (primary N) is 1. The second-order valence-electron chi connectivity index (χ2n) is 9.59. The predicted octanol–water partition coefficient (Wildman–Crippen LogP) is 6.95. The molecule has 6 rings (SSSR count). The van der Waals surface area contributed by atoms with Crippen molar-refractivity contribution in [3.05, 3.63) is 118 Å². The van der Waals surface area contributed by atoms with Crippen LogP contribution in [0.5, 0.6) is 11.5 Å². The summed E-state index contributed by atoms with van der Waals surface area (Å²) in [5.74, 6) is -0.127. The van der Waals surface area contributed by atoms with Gasteiger partial charge in [-0.05, 0) is 60.4 Å². The maximum absolute atomic E-state index is 13.1. The molecule has 0 spiro atoms. The van der Waals surface area contributed by atoms with Crippen molar-refractivity contribution >= 4 is 27.7 Å². The number of aryl methyl sites for hydroxylation is 3. The highest BCUT2D eigenvalue weighted by atomic mass is 16.5. The zero-order valence-corrected chi connectivity index (χ0v) is 21.2. The number of esters is 1. The molecule has 1 atom stereocenters. The molecule has 1 aromatic heterocycles. The van der Waals surface area contributed by atoms with E-state index in [1.54, 1.807) is 12.1 Å². The first-order valence-electron chi connectivity index (χ1n) is 12.3. The maximum Gasteiger partial charge on any atom is 0.379 e. The quantitative estimate of drug-likeness (QED) is 0.213. The number of fused-ring (bicyclic) bond motifs is 3. The molecule has 0 fully saturated rings. The van der Waals surface area contributed by atoms with Gasteiger partial charge in [-0.25, -0.2) is 4.79 Å². The number of nitrogens with zero attached hydrogens (tertiary/aromatic N) is 1. The summed E-state index contributed by atoms with van der Waals surface area (Å²) >= 11 is 0. The van der Waals surface area contributed by atoms with Gasteiger partial charge in [-0.3, -0.25) is 0 Å². The highest BCUT2D eigenvalue weighted by Crippen LogP contribution is 2.45. The van der Waals surface area contributed by atoms with Crippen molar-refractivity contribution < 1.29 is 18.7 Å². The van der Waals surface area contributed by atoms with E-state index < -0.39 is 11.9 Å². The minimum atomic E-state index is -0.599. The van der Waals surface area contributed by atoms with Crippen molar-refractivity contribution in [1.29, 1.82) is 5.26 Å². The fourth-order valence-corrected chi connectivity index (χ4v) is 5.46. The Morgan fingerprint density at radius 3 is 2.58 bits per heavy atom. The SMILES string of the molecule is Cc1cc(C)c2c(C)c(C(=O)Oc3ccc4c(c3)OC(N)=C(C#N)C4c3cccc4ccccc34)oc2c1. The topological polar surface area (TPSA) is 98.5 Å². The average Bonchev–Trinajstić information content (AvgIpc) is 3.23. The summed E-state index contributed by atoms with van der Waals surface area (Å²) in [6, 6.07) is 25.3. The Balaban J connectivity index is 1.39. The molecule has 2 heterocycles. The van der Waals surface area contributed by atoms with Crippen molar-refractivity contribution in [2.75, 3.05) is 0 Å². The number of hydrogen-bond donors (Lipinski definition) is 1. The van der Waals surface area contributed by atoms with Crippen LogP contribution in [0.25, 0.3) is 21.7 Å². The number of carbonyl (C=O) groups excluding carboxylic acids is 1. The molecule has 6 nitrogen and oxygen atoms in total. The van der Waals surface area contributed by atoms with Crippen molar-refractivity contribution in [2.45, 2.75) is 26.7 Å². The first-order valence-corrected chi connectivity index (χ1v) is 12.3. The monoisotopic (exact) mass is 500 g/mol. The maximum atomic E-state index is 13.1. The zero-order chi connectivity index (χ0) is 26.6. The molecule has 0 saturated carbocycles. The van der Waals surface area contributed by atoms with E-state index in [0.29, 0.717) is 16.9 Å². The van der Waals surface area contributed by atoms with Gasteiger partial charge >= 0.3 is 5.97 Å². The van der Waals surface area contributed by atoms with E-state index in [9.17, 15) is 10.1 Å². The lowest BCUT2D eigenvalue weighted by Gasteiger charge is -2.27. The highest BCUT2D eigenvalue weighted by molar-refractivity contribution is 5.98. The lowest BCUT2D eigenvalue weighted by Crippen LogP contribution is -2.21. The summed E-state index contributed by atoms with van der Waals surface area (Å²) in [5.41, 5.74) is 11.7. The number of nitriles is 1. The van der Waals surface area contributed by atoms with Crippen LogP contribution >= 0.6 is 0 Å². The average molecular weight is 501 g/mol. The molecule has 38 heavy (non-hydrogen) atoms. The number of ether oxygens (including phenoxy) is 2. The number of rotatable bonds is 3. The first kappa shape index (κ1) is 23.4. The Labute approximate surface area is 219 Å².